The van der Waals surface area contributed by atoms with Gasteiger partial charge < -0.3 is 18.6 Å². The number of aryl methyl sites for hydroxylation is 1. The molecule has 0 aliphatic carbocycles. The second-order valence-electron chi connectivity index (χ2n) is 9.34. The standard InChI is InChI=1S/C28H25ClN6O4/c1-15(2)34-21(20-13-31-28(39-5)32-25(20)38-4)11-19-24(34)23(17-8-6-16(12-30)7-9-17)35(26(19)36)22-10-18(29)14-33(3)27(22)37/h6-11,13-15,23H,1-5H3/t23-/m0/s1. The molecule has 0 spiro atoms. The van der Waals surface area contributed by atoms with Gasteiger partial charge in [-0.05, 0) is 43.7 Å². The van der Waals surface area contributed by atoms with Crippen LogP contribution >= 0.6 is 11.6 Å². The minimum Gasteiger partial charge on any atom is -0.480 e. The second-order valence-corrected chi connectivity index (χ2v) is 9.78. The Kier molecular flexibility index (Phi) is 6.62. The van der Waals surface area contributed by atoms with E-state index < -0.39 is 6.04 Å². The Morgan fingerprint density at radius 1 is 1.08 bits per heavy atom. The molecule has 0 bridgehead atoms. The maximum atomic E-state index is 14.1. The van der Waals surface area contributed by atoms with Crippen molar-refractivity contribution in [3.8, 4) is 29.2 Å². The molecule has 3 aromatic heterocycles. The second kappa shape index (κ2) is 9.93. The number of anilines is 1. The van der Waals surface area contributed by atoms with Gasteiger partial charge in [-0.25, -0.2) is 4.98 Å². The molecule has 198 valence electrons. The molecule has 0 fully saturated rings. The van der Waals surface area contributed by atoms with Crippen molar-refractivity contribution < 1.29 is 14.3 Å². The number of hydrogen-bond donors (Lipinski definition) is 0. The number of halogens is 1. The number of ether oxygens (including phenoxy) is 2. The van der Waals surface area contributed by atoms with Gasteiger partial charge in [0.15, 0.2) is 0 Å². The summed E-state index contributed by atoms with van der Waals surface area (Å²) in [6.45, 7) is 4.00. The summed E-state index contributed by atoms with van der Waals surface area (Å²) in [5.41, 5.74) is 3.38. The van der Waals surface area contributed by atoms with Crippen molar-refractivity contribution in [2.24, 2.45) is 7.05 Å². The third-order valence-electron chi connectivity index (χ3n) is 6.69. The Balaban J connectivity index is 1.81. The van der Waals surface area contributed by atoms with Gasteiger partial charge in [-0.15, -0.1) is 0 Å². The fraction of sp³-hybridized carbons (Fsp3) is 0.250. The first kappa shape index (κ1) is 26.0. The van der Waals surface area contributed by atoms with Crippen molar-refractivity contribution in [3.63, 3.8) is 0 Å². The monoisotopic (exact) mass is 544 g/mol. The zero-order valence-corrected chi connectivity index (χ0v) is 22.7. The Bertz CT molecular complexity index is 1700. The van der Waals surface area contributed by atoms with Crippen LogP contribution in [0.2, 0.25) is 5.02 Å². The van der Waals surface area contributed by atoms with Crippen LogP contribution in [0, 0.1) is 11.3 Å². The van der Waals surface area contributed by atoms with Crippen LogP contribution in [-0.2, 0) is 7.05 Å². The van der Waals surface area contributed by atoms with Gasteiger partial charge in [0.1, 0.15) is 11.7 Å². The summed E-state index contributed by atoms with van der Waals surface area (Å²) in [6, 6.07) is 11.7. The molecule has 0 radical (unpaired) electrons. The van der Waals surface area contributed by atoms with Crippen molar-refractivity contribution in [2.45, 2.75) is 25.9 Å². The lowest BCUT2D eigenvalue weighted by molar-refractivity contribution is 0.0993. The molecule has 0 N–H and O–H groups in total. The summed E-state index contributed by atoms with van der Waals surface area (Å²) >= 11 is 6.33. The maximum Gasteiger partial charge on any atom is 0.319 e. The van der Waals surface area contributed by atoms with E-state index in [1.54, 1.807) is 43.6 Å². The number of hydrogen-bond acceptors (Lipinski definition) is 7. The van der Waals surface area contributed by atoms with Crippen LogP contribution in [-0.4, -0.2) is 39.2 Å². The minimum absolute atomic E-state index is 0.105. The Morgan fingerprint density at radius 3 is 2.41 bits per heavy atom. The number of nitrogens with zero attached hydrogens (tertiary/aromatic N) is 6. The first-order valence-corrected chi connectivity index (χ1v) is 12.5. The molecule has 0 saturated heterocycles. The molecular formula is C28H25ClN6O4. The molecule has 4 aromatic rings. The molecule has 5 rings (SSSR count). The summed E-state index contributed by atoms with van der Waals surface area (Å²) < 4.78 is 14.1. The number of fused-ring (bicyclic) bond motifs is 1. The van der Waals surface area contributed by atoms with Crippen LogP contribution in [0.5, 0.6) is 11.9 Å². The van der Waals surface area contributed by atoms with Crippen molar-refractivity contribution in [2.75, 3.05) is 19.1 Å². The molecule has 1 aliphatic heterocycles. The number of aromatic nitrogens is 4. The number of pyridine rings is 1. The summed E-state index contributed by atoms with van der Waals surface area (Å²) in [7, 11) is 4.56. The molecule has 1 amide bonds. The van der Waals surface area contributed by atoms with E-state index in [0.717, 1.165) is 5.56 Å². The van der Waals surface area contributed by atoms with Gasteiger partial charge in [-0.1, -0.05) is 23.7 Å². The van der Waals surface area contributed by atoms with Gasteiger partial charge in [-0.3, -0.25) is 14.5 Å². The van der Waals surface area contributed by atoms with Crippen LogP contribution in [0.1, 0.15) is 53.1 Å². The number of benzene rings is 1. The molecule has 1 aromatic carbocycles. The van der Waals surface area contributed by atoms with Crippen LogP contribution in [0.15, 0.2) is 53.6 Å². The highest BCUT2D eigenvalue weighted by molar-refractivity contribution is 6.30. The number of nitriles is 1. The van der Waals surface area contributed by atoms with Gasteiger partial charge in [-0.2, -0.15) is 10.2 Å². The molecular weight excluding hydrogens is 520 g/mol. The van der Waals surface area contributed by atoms with E-state index >= 15 is 0 Å². The van der Waals surface area contributed by atoms with Gasteiger partial charge in [0, 0.05) is 25.5 Å². The summed E-state index contributed by atoms with van der Waals surface area (Å²) in [5, 5.41) is 9.67. The van der Waals surface area contributed by atoms with E-state index in [-0.39, 0.29) is 29.2 Å². The number of carbonyl (C=O) groups excluding carboxylic acids is 1. The molecule has 0 unspecified atom stereocenters. The molecule has 0 saturated carbocycles. The molecule has 4 heterocycles. The number of carbonyl (C=O) groups is 1. The first-order valence-electron chi connectivity index (χ1n) is 12.1. The predicted octanol–water partition coefficient (Wildman–Crippen LogP) is 4.52. The van der Waals surface area contributed by atoms with Crippen LogP contribution in [0.3, 0.4) is 0 Å². The van der Waals surface area contributed by atoms with Crippen LogP contribution in [0.25, 0.3) is 11.3 Å². The predicted molar refractivity (Wildman–Crippen MR) is 145 cm³/mol. The highest BCUT2D eigenvalue weighted by Crippen LogP contribution is 2.46. The number of rotatable bonds is 6. The lowest BCUT2D eigenvalue weighted by Crippen LogP contribution is -2.35. The van der Waals surface area contributed by atoms with E-state index in [1.165, 1.54) is 35.9 Å². The Morgan fingerprint density at radius 2 is 1.79 bits per heavy atom. The van der Waals surface area contributed by atoms with Crippen molar-refractivity contribution in [1.82, 2.24) is 19.1 Å². The highest BCUT2D eigenvalue weighted by atomic mass is 35.5. The highest BCUT2D eigenvalue weighted by Gasteiger charge is 2.44. The third-order valence-corrected chi connectivity index (χ3v) is 6.90. The molecule has 39 heavy (non-hydrogen) atoms. The largest absolute Gasteiger partial charge is 0.480 e. The summed E-state index contributed by atoms with van der Waals surface area (Å²) in [4.78, 5) is 37.5. The fourth-order valence-electron chi connectivity index (χ4n) is 5.03. The zero-order chi connectivity index (χ0) is 28.0. The van der Waals surface area contributed by atoms with Crippen molar-refractivity contribution >= 4 is 23.2 Å². The topological polar surface area (TPSA) is 115 Å². The molecule has 1 atom stereocenters. The van der Waals surface area contributed by atoms with Gasteiger partial charge in [0.05, 0.1) is 53.4 Å². The smallest absolute Gasteiger partial charge is 0.319 e. The average Bonchev–Trinajstić information content (AvgIpc) is 3.45. The SMILES string of the molecule is COc1ncc(-c2cc3c(n2C(C)C)[C@H](c2ccc(C#N)cc2)N(c2cc(Cl)cn(C)c2=O)C3=O)c(OC)n1. The molecule has 10 nitrogen and oxygen atoms in total. The zero-order valence-electron chi connectivity index (χ0n) is 22.0. The van der Waals surface area contributed by atoms with E-state index in [0.29, 0.717) is 39.0 Å². The molecule has 11 heteroatoms. The average molecular weight is 545 g/mol. The Hall–Kier alpha value is -4.62. The van der Waals surface area contributed by atoms with Gasteiger partial charge in [0.25, 0.3) is 11.5 Å². The van der Waals surface area contributed by atoms with E-state index in [1.807, 2.05) is 18.4 Å². The summed E-state index contributed by atoms with van der Waals surface area (Å²) in [5.74, 6) is -0.0596. The lowest BCUT2D eigenvalue weighted by Gasteiger charge is -2.29. The summed E-state index contributed by atoms with van der Waals surface area (Å²) in [6.07, 6.45) is 3.10. The van der Waals surface area contributed by atoms with Gasteiger partial charge >= 0.3 is 6.01 Å². The van der Waals surface area contributed by atoms with Crippen LogP contribution in [0.4, 0.5) is 5.69 Å². The van der Waals surface area contributed by atoms with E-state index in [2.05, 4.69) is 16.0 Å². The van der Waals surface area contributed by atoms with Crippen molar-refractivity contribution in [3.05, 3.63) is 86.6 Å². The van der Waals surface area contributed by atoms with E-state index in [9.17, 15) is 14.9 Å². The van der Waals surface area contributed by atoms with E-state index in [4.69, 9.17) is 21.1 Å². The van der Waals surface area contributed by atoms with Crippen LogP contribution < -0.4 is 19.9 Å². The quantitative estimate of drug-likeness (QED) is 0.350. The first-order chi connectivity index (χ1) is 18.7. The normalized spacial score (nSPS) is 14.5. The maximum absolute atomic E-state index is 14.1. The lowest BCUT2D eigenvalue weighted by atomic mass is 10.0. The van der Waals surface area contributed by atoms with Crippen molar-refractivity contribution in [1.29, 1.82) is 5.26 Å². The number of amides is 1. The Labute approximate surface area is 229 Å². The molecule has 1 aliphatic rings. The fourth-order valence-corrected chi connectivity index (χ4v) is 5.28. The minimum atomic E-state index is -0.673. The number of methoxy groups -OCH3 is 2. The van der Waals surface area contributed by atoms with Gasteiger partial charge in [0.2, 0.25) is 5.88 Å². The third kappa shape index (κ3) is 4.21.